The van der Waals surface area contributed by atoms with E-state index in [-0.39, 0.29) is 11.4 Å². The third-order valence-corrected chi connectivity index (χ3v) is 4.83. The Kier molecular flexibility index (Phi) is 4.12. The summed E-state index contributed by atoms with van der Waals surface area (Å²) in [7, 11) is -1.99. The Hall–Kier alpha value is -0.850. The highest BCUT2D eigenvalue weighted by molar-refractivity contribution is 9.10. The molecule has 0 heterocycles. The lowest BCUT2D eigenvalue weighted by Gasteiger charge is -2.16. The first kappa shape index (κ1) is 13.2. The van der Waals surface area contributed by atoms with Crippen LogP contribution in [0.1, 0.15) is 0 Å². The largest absolute Gasteiger partial charge is 0.399 e. The van der Waals surface area contributed by atoms with Gasteiger partial charge in [-0.05, 0) is 34.1 Å². The molecule has 0 unspecified atom stereocenters. The molecule has 4 nitrogen and oxygen atoms in total. The van der Waals surface area contributed by atoms with E-state index >= 15 is 0 Å². The Balaban J connectivity index is 3.22. The topological polar surface area (TPSA) is 63.4 Å². The summed E-state index contributed by atoms with van der Waals surface area (Å²) < 4.78 is 25.8. The van der Waals surface area contributed by atoms with E-state index < -0.39 is 10.0 Å². The van der Waals surface area contributed by atoms with E-state index in [1.54, 1.807) is 12.1 Å². The number of likely N-dealkylation sites (N-methyl/N-ethyl adjacent to an activating group) is 1. The van der Waals surface area contributed by atoms with Gasteiger partial charge < -0.3 is 5.73 Å². The quantitative estimate of drug-likeness (QED) is 0.682. The van der Waals surface area contributed by atoms with Crippen molar-refractivity contribution in [3.8, 4) is 0 Å². The minimum absolute atomic E-state index is 0.200. The highest BCUT2D eigenvalue weighted by Gasteiger charge is 2.22. The van der Waals surface area contributed by atoms with Gasteiger partial charge >= 0.3 is 0 Å². The van der Waals surface area contributed by atoms with Gasteiger partial charge in [-0.3, -0.25) is 0 Å². The molecule has 0 radical (unpaired) electrons. The van der Waals surface area contributed by atoms with Gasteiger partial charge in [0.25, 0.3) is 0 Å². The van der Waals surface area contributed by atoms with E-state index in [0.717, 1.165) is 0 Å². The molecule has 0 spiro atoms. The molecule has 0 saturated carbocycles. The maximum Gasteiger partial charge on any atom is 0.244 e. The van der Waals surface area contributed by atoms with Gasteiger partial charge in [-0.2, -0.15) is 4.31 Å². The van der Waals surface area contributed by atoms with Gasteiger partial charge in [0.05, 0.1) is 4.90 Å². The second-order valence-electron chi connectivity index (χ2n) is 3.26. The molecule has 6 heteroatoms. The average molecular weight is 305 g/mol. The van der Waals surface area contributed by atoms with Gasteiger partial charge in [0.2, 0.25) is 10.0 Å². The van der Waals surface area contributed by atoms with E-state index in [9.17, 15) is 8.42 Å². The molecule has 1 rings (SSSR count). The molecule has 0 aliphatic heterocycles. The zero-order valence-corrected chi connectivity index (χ0v) is 11.3. The van der Waals surface area contributed by atoms with Crippen molar-refractivity contribution in [2.24, 2.45) is 0 Å². The molecular formula is C10H13BrN2O2S. The maximum atomic E-state index is 12.1. The van der Waals surface area contributed by atoms with E-state index in [2.05, 4.69) is 22.5 Å². The highest BCUT2D eigenvalue weighted by Crippen LogP contribution is 2.26. The average Bonchev–Trinajstić information content (AvgIpc) is 2.17. The van der Waals surface area contributed by atoms with Crippen molar-refractivity contribution < 1.29 is 8.42 Å². The fraction of sp³-hybridized carbons (Fsp3) is 0.200. The second kappa shape index (κ2) is 4.99. The van der Waals surface area contributed by atoms with E-state index in [4.69, 9.17) is 5.73 Å². The predicted octanol–water partition coefficient (Wildman–Crippen LogP) is 1.84. The van der Waals surface area contributed by atoms with Crippen molar-refractivity contribution in [2.45, 2.75) is 4.90 Å². The fourth-order valence-electron chi connectivity index (χ4n) is 1.17. The van der Waals surface area contributed by atoms with Crippen LogP contribution in [0.4, 0.5) is 5.69 Å². The standard InChI is InChI=1S/C10H13BrN2O2S/c1-3-6-13(2)16(14,15)10-5-4-8(12)7-9(10)11/h3-5,7H,1,6,12H2,2H3. The van der Waals surface area contributed by atoms with Crippen LogP contribution in [0.3, 0.4) is 0 Å². The molecule has 0 atom stereocenters. The molecule has 88 valence electrons. The molecule has 0 aliphatic carbocycles. The summed E-state index contributed by atoms with van der Waals surface area (Å²) in [6.45, 7) is 3.77. The molecule has 1 aromatic carbocycles. The first-order valence-corrected chi connectivity index (χ1v) is 6.75. The number of benzene rings is 1. The Bertz CT molecular complexity index is 500. The van der Waals surface area contributed by atoms with Crippen molar-refractivity contribution in [3.05, 3.63) is 35.3 Å². The SMILES string of the molecule is C=CCN(C)S(=O)(=O)c1ccc(N)cc1Br. The highest BCUT2D eigenvalue weighted by atomic mass is 79.9. The predicted molar refractivity (Wildman–Crippen MR) is 68.6 cm³/mol. The smallest absolute Gasteiger partial charge is 0.244 e. The minimum atomic E-state index is -3.49. The number of nitrogen functional groups attached to an aromatic ring is 1. The van der Waals surface area contributed by atoms with Crippen LogP contribution >= 0.6 is 15.9 Å². The molecule has 0 fully saturated rings. The van der Waals surface area contributed by atoms with Crippen molar-refractivity contribution in [3.63, 3.8) is 0 Å². The van der Waals surface area contributed by atoms with Gasteiger partial charge in [0, 0.05) is 23.8 Å². The Labute approximate surface area is 104 Å². The summed E-state index contributed by atoms with van der Waals surface area (Å²) >= 11 is 3.19. The number of halogens is 1. The van der Waals surface area contributed by atoms with E-state index in [0.29, 0.717) is 10.2 Å². The third-order valence-electron chi connectivity index (χ3n) is 2.03. The first-order chi connectivity index (χ1) is 7.39. The third kappa shape index (κ3) is 2.63. The van der Waals surface area contributed by atoms with Crippen molar-refractivity contribution in [1.82, 2.24) is 4.31 Å². The summed E-state index contributed by atoms with van der Waals surface area (Å²) in [6, 6.07) is 4.60. The summed E-state index contributed by atoms with van der Waals surface area (Å²) in [5.74, 6) is 0. The normalized spacial score (nSPS) is 11.7. The zero-order chi connectivity index (χ0) is 12.3. The number of anilines is 1. The number of hydrogen-bond acceptors (Lipinski definition) is 3. The first-order valence-electron chi connectivity index (χ1n) is 4.52. The van der Waals surface area contributed by atoms with Crippen LogP contribution in [0, 0.1) is 0 Å². The molecule has 2 N–H and O–H groups in total. The monoisotopic (exact) mass is 304 g/mol. The number of nitrogens with two attached hydrogens (primary N) is 1. The van der Waals surface area contributed by atoms with Crippen molar-refractivity contribution in [2.75, 3.05) is 19.3 Å². The number of nitrogens with zero attached hydrogens (tertiary/aromatic N) is 1. The maximum absolute atomic E-state index is 12.1. The van der Waals surface area contributed by atoms with Gasteiger partial charge in [0.15, 0.2) is 0 Å². The van der Waals surface area contributed by atoms with Gasteiger partial charge in [-0.25, -0.2) is 8.42 Å². The summed E-state index contributed by atoms with van der Waals surface area (Å²) in [5.41, 5.74) is 6.06. The summed E-state index contributed by atoms with van der Waals surface area (Å²) in [4.78, 5) is 0.200. The zero-order valence-electron chi connectivity index (χ0n) is 8.85. The Morgan fingerprint density at radius 1 is 1.56 bits per heavy atom. The molecular weight excluding hydrogens is 292 g/mol. The van der Waals surface area contributed by atoms with Gasteiger partial charge in [0.1, 0.15) is 0 Å². The number of rotatable bonds is 4. The summed E-state index contributed by atoms with van der Waals surface area (Å²) in [6.07, 6.45) is 1.53. The molecule has 16 heavy (non-hydrogen) atoms. The van der Waals surface area contributed by atoms with Crippen LogP contribution in [-0.2, 0) is 10.0 Å². The van der Waals surface area contributed by atoms with Crippen LogP contribution in [0.15, 0.2) is 40.2 Å². The lowest BCUT2D eigenvalue weighted by atomic mass is 10.3. The van der Waals surface area contributed by atoms with Crippen molar-refractivity contribution >= 4 is 31.6 Å². The molecule has 0 bridgehead atoms. The van der Waals surface area contributed by atoms with Crippen LogP contribution in [0.25, 0.3) is 0 Å². The van der Waals surface area contributed by atoms with Crippen molar-refractivity contribution in [1.29, 1.82) is 0 Å². The van der Waals surface area contributed by atoms with E-state index in [1.807, 2.05) is 0 Å². The molecule has 0 aromatic heterocycles. The fourth-order valence-corrected chi connectivity index (χ4v) is 3.37. The second-order valence-corrected chi connectivity index (χ2v) is 6.13. The van der Waals surface area contributed by atoms with Crippen LogP contribution in [0.5, 0.6) is 0 Å². The molecule has 0 amide bonds. The van der Waals surface area contributed by atoms with E-state index in [1.165, 1.54) is 23.5 Å². The Morgan fingerprint density at radius 3 is 2.69 bits per heavy atom. The minimum Gasteiger partial charge on any atom is -0.399 e. The lowest BCUT2D eigenvalue weighted by molar-refractivity contribution is 0.499. The van der Waals surface area contributed by atoms with Crippen LogP contribution < -0.4 is 5.73 Å². The van der Waals surface area contributed by atoms with Crippen LogP contribution in [0.2, 0.25) is 0 Å². The summed E-state index contributed by atoms with van der Waals surface area (Å²) in [5, 5.41) is 0. The van der Waals surface area contributed by atoms with Gasteiger partial charge in [-0.1, -0.05) is 6.08 Å². The lowest BCUT2D eigenvalue weighted by Crippen LogP contribution is -2.27. The number of hydrogen-bond donors (Lipinski definition) is 1. The molecule has 0 saturated heterocycles. The molecule has 0 aliphatic rings. The Morgan fingerprint density at radius 2 is 2.19 bits per heavy atom. The molecule has 1 aromatic rings. The van der Waals surface area contributed by atoms with Gasteiger partial charge in [-0.15, -0.1) is 6.58 Å². The van der Waals surface area contributed by atoms with Crippen LogP contribution in [-0.4, -0.2) is 26.3 Å². The number of sulfonamides is 1.